The van der Waals surface area contributed by atoms with Gasteiger partial charge >= 0.3 is 11.9 Å². The van der Waals surface area contributed by atoms with Crippen LogP contribution in [-0.2, 0) is 23.9 Å². The first kappa shape index (κ1) is 15.2. The third kappa shape index (κ3) is 2.33. The molecular formula is C16H18O5. The highest BCUT2D eigenvalue weighted by molar-refractivity contribution is 6.09. The maximum atomic E-state index is 12.3. The van der Waals surface area contributed by atoms with Crippen LogP contribution in [0, 0.1) is 11.3 Å². The maximum Gasteiger partial charge on any atom is 0.324 e. The molecule has 5 heteroatoms. The van der Waals surface area contributed by atoms with Gasteiger partial charge in [0, 0.05) is 5.92 Å². The summed E-state index contributed by atoms with van der Waals surface area (Å²) in [5, 5.41) is 0. The Hall–Kier alpha value is -2.17. The van der Waals surface area contributed by atoms with Crippen molar-refractivity contribution in [1.82, 2.24) is 0 Å². The first-order valence-electron chi connectivity index (χ1n) is 6.99. The topological polar surface area (TPSA) is 69.7 Å². The predicted molar refractivity (Wildman–Crippen MR) is 74.4 cm³/mol. The number of carbonyl (C=O) groups excluding carboxylic acids is 3. The fraction of sp³-hybridized carbons (Fsp3) is 0.438. The van der Waals surface area contributed by atoms with Crippen molar-refractivity contribution >= 4 is 18.2 Å². The first-order valence-corrected chi connectivity index (χ1v) is 6.99. The van der Waals surface area contributed by atoms with Crippen molar-refractivity contribution < 1.29 is 23.9 Å². The molecular weight excluding hydrogens is 272 g/mol. The molecule has 0 amide bonds. The van der Waals surface area contributed by atoms with E-state index >= 15 is 0 Å². The molecule has 0 saturated heterocycles. The molecule has 1 aliphatic carbocycles. The van der Waals surface area contributed by atoms with E-state index in [-0.39, 0.29) is 13.2 Å². The number of esters is 2. The van der Waals surface area contributed by atoms with Crippen molar-refractivity contribution in [2.24, 2.45) is 11.3 Å². The van der Waals surface area contributed by atoms with Gasteiger partial charge in [0.15, 0.2) is 5.41 Å². The third-order valence-corrected chi connectivity index (χ3v) is 3.80. The minimum Gasteiger partial charge on any atom is -0.465 e. The van der Waals surface area contributed by atoms with E-state index in [2.05, 4.69) is 0 Å². The highest BCUT2D eigenvalue weighted by Gasteiger charge is 2.77. The smallest absolute Gasteiger partial charge is 0.324 e. The van der Waals surface area contributed by atoms with E-state index in [1.165, 1.54) is 0 Å². The average Bonchev–Trinajstić information content (AvgIpc) is 3.19. The van der Waals surface area contributed by atoms with Crippen LogP contribution in [0.4, 0.5) is 0 Å². The Balaban J connectivity index is 2.42. The van der Waals surface area contributed by atoms with Gasteiger partial charge in [0.25, 0.3) is 0 Å². The summed E-state index contributed by atoms with van der Waals surface area (Å²) in [4.78, 5) is 36.0. The van der Waals surface area contributed by atoms with Crippen molar-refractivity contribution in [3.63, 3.8) is 0 Å². The van der Waals surface area contributed by atoms with E-state index in [0.717, 1.165) is 5.56 Å². The summed E-state index contributed by atoms with van der Waals surface area (Å²) in [6.45, 7) is 3.61. The molecule has 2 rings (SSSR count). The summed E-state index contributed by atoms with van der Waals surface area (Å²) < 4.78 is 10.0. The van der Waals surface area contributed by atoms with Crippen LogP contribution < -0.4 is 0 Å². The molecule has 0 N–H and O–H groups in total. The monoisotopic (exact) mass is 290 g/mol. The molecule has 1 aliphatic rings. The molecule has 0 radical (unpaired) electrons. The Kier molecular flexibility index (Phi) is 4.40. The Bertz CT molecular complexity index is 519. The Labute approximate surface area is 123 Å². The second-order valence-corrected chi connectivity index (χ2v) is 4.86. The van der Waals surface area contributed by atoms with Crippen molar-refractivity contribution in [3.8, 4) is 0 Å². The maximum absolute atomic E-state index is 12.3. The Morgan fingerprint density at radius 1 is 1.10 bits per heavy atom. The molecule has 0 heterocycles. The molecule has 112 valence electrons. The quantitative estimate of drug-likeness (QED) is 0.453. The van der Waals surface area contributed by atoms with E-state index in [1.807, 2.05) is 6.07 Å². The van der Waals surface area contributed by atoms with Gasteiger partial charge < -0.3 is 14.3 Å². The zero-order chi connectivity index (χ0) is 15.5. The first-order chi connectivity index (χ1) is 10.1. The van der Waals surface area contributed by atoms with Crippen molar-refractivity contribution in [1.29, 1.82) is 0 Å². The molecule has 1 fully saturated rings. The SMILES string of the molecule is CCOC(=O)C1(C(=O)OCC)[C@H](C=O)[C@H]1c1ccccc1. The van der Waals surface area contributed by atoms with Crippen LogP contribution in [0.3, 0.4) is 0 Å². The number of hydrogen-bond donors (Lipinski definition) is 0. The van der Waals surface area contributed by atoms with Gasteiger partial charge in [-0.3, -0.25) is 9.59 Å². The van der Waals surface area contributed by atoms with Gasteiger partial charge in [0.1, 0.15) is 6.29 Å². The van der Waals surface area contributed by atoms with Crippen LogP contribution in [0.15, 0.2) is 30.3 Å². The predicted octanol–water partition coefficient (Wildman–Crippen LogP) is 1.71. The number of carbonyl (C=O) groups is 3. The lowest BCUT2D eigenvalue weighted by atomic mass is 9.99. The summed E-state index contributed by atoms with van der Waals surface area (Å²) in [6, 6.07) is 9.02. The zero-order valence-corrected chi connectivity index (χ0v) is 12.1. The van der Waals surface area contributed by atoms with Crippen molar-refractivity contribution in [2.45, 2.75) is 19.8 Å². The van der Waals surface area contributed by atoms with E-state index in [1.54, 1.807) is 38.1 Å². The number of benzene rings is 1. The summed E-state index contributed by atoms with van der Waals surface area (Å²) in [5.74, 6) is -2.63. The van der Waals surface area contributed by atoms with E-state index in [9.17, 15) is 14.4 Å². The summed E-state index contributed by atoms with van der Waals surface area (Å²) in [6.07, 6.45) is 0.644. The third-order valence-electron chi connectivity index (χ3n) is 3.80. The van der Waals surface area contributed by atoms with Gasteiger partial charge in [-0.2, -0.15) is 0 Å². The minimum absolute atomic E-state index is 0.146. The van der Waals surface area contributed by atoms with E-state index < -0.39 is 29.2 Å². The average molecular weight is 290 g/mol. The van der Waals surface area contributed by atoms with Crippen molar-refractivity contribution in [2.75, 3.05) is 13.2 Å². The lowest BCUT2D eigenvalue weighted by Crippen LogP contribution is -2.33. The van der Waals surface area contributed by atoms with Gasteiger partial charge in [-0.05, 0) is 19.4 Å². The minimum atomic E-state index is -1.53. The summed E-state index contributed by atoms with van der Waals surface area (Å²) >= 11 is 0. The molecule has 0 unspecified atom stereocenters. The number of hydrogen-bond acceptors (Lipinski definition) is 5. The number of rotatable bonds is 6. The van der Waals surface area contributed by atoms with Crippen LogP contribution in [0.25, 0.3) is 0 Å². The fourth-order valence-corrected chi connectivity index (χ4v) is 2.84. The van der Waals surface area contributed by atoms with Crippen LogP contribution in [-0.4, -0.2) is 31.4 Å². The standard InChI is InChI=1S/C16H18O5/c1-3-20-14(18)16(15(19)21-4-2)12(10-17)13(16)11-8-6-5-7-9-11/h5-10,12-13H,3-4H2,1-2H3/t12-,13-/m1/s1. The van der Waals surface area contributed by atoms with Crippen LogP contribution in [0.1, 0.15) is 25.3 Å². The second kappa shape index (κ2) is 6.08. The van der Waals surface area contributed by atoms with Gasteiger partial charge in [0.05, 0.1) is 19.1 Å². The van der Waals surface area contributed by atoms with Crippen LogP contribution in [0.2, 0.25) is 0 Å². The lowest BCUT2D eigenvalue weighted by Gasteiger charge is -2.14. The van der Waals surface area contributed by atoms with Crippen molar-refractivity contribution in [3.05, 3.63) is 35.9 Å². The molecule has 2 atom stereocenters. The second-order valence-electron chi connectivity index (χ2n) is 4.86. The van der Waals surface area contributed by atoms with Gasteiger partial charge in [-0.15, -0.1) is 0 Å². The van der Waals surface area contributed by atoms with Crippen LogP contribution in [0.5, 0.6) is 0 Å². The van der Waals surface area contributed by atoms with Crippen LogP contribution >= 0.6 is 0 Å². The molecule has 1 saturated carbocycles. The fourth-order valence-electron chi connectivity index (χ4n) is 2.84. The largest absolute Gasteiger partial charge is 0.465 e. The molecule has 21 heavy (non-hydrogen) atoms. The normalized spacial score (nSPS) is 22.2. The molecule has 0 spiro atoms. The highest BCUT2D eigenvalue weighted by atomic mass is 16.6. The number of aldehydes is 1. The number of ether oxygens (including phenoxy) is 2. The van der Waals surface area contributed by atoms with Gasteiger partial charge in [-0.25, -0.2) is 0 Å². The molecule has 0 aromatic heterocycles. The van der Waals surface area contributed by atoms with E-state index in [4.69, 9.17) is 9.47 Å². The Morgan fingerprint density at radius 3 is 2.05 bits per heavy atom. The highest BCUT2D eigenvalue weighted by Crippen LogP contribution is 2.65. The molecule has 1 aromatic rings. The van der Waals surface area contributed by atoms with Gasteiger partial charge in [-0.1, -0.05) is 30.3 Å². The zero-order valence-electron chi connectivity index (χ0n) is 12.1. The molecule has 1 aromatic carbocycles. The molecule has 0 aliphatic heterocycles. The summed E-state index contributed by atoms with van der Waals surface area (Å²) in [5.41, 5.74) is -0.773. The van der Waals surface area contributed by atoms with E-state index in [0.29, 0.717) is 6.29 Å². The lowest BCUT2D eigenvalue weighted by molar-refractivity contribution is -0.165. The summed E-state index contributed by atoms with van der Waals surface area (Å²) in [7, 11) is 0. The Morgan fingerprint density at radius 2 is 1.62 bits per heavy atom. The van der Waals surface area contributed by atoms with Gasteiger partial charge in [0.2, 0.25) is 0 Å². The molecule has 5 nitrogen and oxygen atoms in total. The molecule has 0 bridgehead atoms.